The minimum absolute atomic E-state index is 0.379. The average Bonchev–Trinajstić information content (AvgIpc) is 2.38. The molecule has 4 nitrogen and oxygen atoms in total. The van der Waals surface area contributed by atoms with Crippen molar-refractivity contribution in [2.45, 2.75) is 26.7 Å². The molecule has 4 heteroatoms. The molecule has 0 fully saturated rings. The van der Waals surface area contributed by atoms with Crippen LogP contribution < -0.4 is 4.74 Å². The fraction of sp³-hybridized carbons (Fsp3) is 0.357. The molecule has 0 saturated heterocycles. The van der Waals surface area contributed by atoms with Gasteiger partial charge in [-0.3, -0.25) is 0 Å². The molecule has 0 bridgehead atoms. The van der Waals surface area contributed by atoms with Crippen LogP contribution in [0.15, 0.2) is 24.3 Å². The predicted octanol–water partition coefficient (Wildman–Crippen LogP) is 2.98. The van der Waals surface area contributed by atoms with Crippen molar-refractivity contribution in [2.24, 2.45) is 0 Å². The first-order valence-electron chi connectivity index (χ1n) is 5.97. The van der Waals surface area contributed by atoms with Crippen molar-refractivity contribution in [3.63, 3.8) is 0 Å². The van der Waals surface area contributed by atoms with Gasteiger partial charge >= 0.3 is 0 Å². The fourth-order valence-electron chi connectivity index (χ4n) is 1.68. The third kappa shape index (κ3) is 2.47. The second-order valence-electron chi connectivity index (χ2n) is 4.51. The first-order chi connectivity index (χ1) is 8.61. The Morgan fingerprint density at radius 1 is 1.06 bits per heavy atom. The Hall–Kier alpha value is -1.97. The third-order valence-electron chi connectivity index (χ3n) is 2.75. The van der Waals surface area contributed by atoms with Crippen molar-refractivity contribution in [3.8, 4) is 17.1 Å². The van der Waals surface area contributed by atoms with Crippen LogP contribution in [-0.2, 0) is 0 Å². The molecule has 0 aromatic carbocycles. The predicted molar refractivity (Wildman–Crippen MR) is 70.6 cm³/mol. The molecule has 2 heterocycles. The second kappa shape index (κ2) is 5.12. The molecular formula is C14H17N3O. The van der Waals surface area contributed by atoms with Crippen LogP contribution in [0, 0.1) is 6.92 Å². The third-order valence-corrected chi connectivity index (χ3v) is 2.75. The Morgan fingerprint density at radius 3 is 2.39 bits per heavy atom. The summed E-state index contributed by atoms with van der Waals surface area (Å²) in [6.07, 6.45) is 0. The van der Waals surface area contributed by atoms with Crippen LogP contribution in [0.2, 0.25) is 0 Å². The van der Waals surface area contributed by atoms with Gasteiger partial charge < -0.3 is 4.74 Å². The van der Waals surface area contributed by atoms with Crippen LogP contribution in [0.4, 0.5) is 0 Å². The highest BCUT2D eigenvalue weighted by molar-refractivity contribution is 5.64. The van der Waals surface area contributed by atoms with Crippen LogP contribution in [0.1, 0.15) is 31.2 Å². The van der Waals surface area contributed by atoms with Crippen molar-refractivity contribution >= 4 is 0 Å². The topological polar surface area (TPSA) is 47.9 Å². The summed E-state index contributed by atoms with van der Waals surface area (Å²) < 4.78 is 5.28. The van der Waals surface area contributed by atoms with E-state index in [2.05, 4.69) is 29.0 Å². The van der Waals surface area contributed by atoms with Crippen LogP contribution in [0.25, 0.3) is 11.3 Å². The second-order valence-corrected chi connectivity index (χ2v) is 4.51. The number of hydrogen-bond donors (Lipinski definition) is 0. The molecule has 2 aromatic rings. The van der Waals surface area contributed by atoms with Gasteiger partial charge in [0.25, 0.3) is 0 Å². The monoisotopic (exact) mass is 243 g/mol. The largest absolute Gasteiger partial charge is 0.480 e. The Kier molecular flexibility index (Phi) is 3.55. The molecule has 0 atom stereocenters. The Morgan fingerprint density at radius 2 is 1.83 bits per heavy atom. The van der Waals surface area contributed by atoms with Gasteiger partial charge in [-0.15, -0.1) is 0 Å². The molecule has 2 rings (SSSR count). The van der Waals surface area contributed by atoms with Gasteiger partial charge in [0.1, 0.15) is 0 Å². The van der Waals surface area contributed by atoms with Crippen LogP contribution >= 0.6 is 0 Å². The lowest BCUT2D eigenvalue weighted by Gasteiger charge is -2.08. The summed E-state index contributed by atoms with van der Waals surface area (Å²) in [6, 6.07) is 7.85. The van der Waals surface area contributed by atoms with Gasteiger partial charge in [0, 0.05) is 5.69 Å². The number of methoxy groups -OCH3 is 1. The number of aryl methyl sites for hydroxylation is 1. The van der Waals surface area contributed by atoms with E-state index in [1.165, 1.54) is 0 Å². The van der Waals surface area contributed by atoms with E-state index in [0.29, 0.717) is 11.8 Å². The molecular weight excluding hydrogens is 226 g/mol. The van der Waals surface area contributed by atoms with Crippen LogP contribution in [-0.4, -0.2) is 22.3 Å². The maximum absolute atomic E-state index is 5.28. The first-order valence-corrected chi connectivity index (χ1v) is 5.97. The van der Waals surface area contributed by atoms with E-state index in [1.807, 2.05) is 31.2 Å². The van der Waals surface area contributed by atoms with Gasteiger partial charge in [0.2, 0.25) is 5.88 Å². The van der Waals surface area contributed by atoms with E-state index < -0.39 is 0 Å². The lowest BCUT2D eigenvalue weighted by atomic mass is 10.1. The maximum atomic E-state index is 5.28. The molecule has 0 saturated carbocycles. The quantitative estimate of drug-likeness (QED) is 0.831. The maximum Gasteiger partial charge on any atom is 0.222 e. The van der Waals surface area contributed by atoms with Crippen molar-refractivity contribution in [1.82, 2.24) is 15.2 Å². The van der Waals surface area contributed by atoms with Gasteiger partial charge in [0.15, 0.2) is 0 Å². The van der Waals surface area contributed by atoms with Crippen molar-refractivity contribution in [1.29, 1.82) is 0 Å². The van der Waals surface area contributed by atoms with E-state index >= 15 is 0 Å². The van der Waals surface area contributed by atoms with Crippen molar-refractivity contribution < 1.29 is 4.74 Å². The summed E-state index contributed by atoms with van der Waals surface area (Å²) in [7, 11) is 1.61. The molecule has 0 aliphatic heterocycles. The van der Waals surface area contributed by atoms with Gasteiger partial charge in [0.05, 0.1) is 24.1 Å². The minimum Gasteiger partial charge on any atom is -0.480 e. The number of aromatic nitrogens is 3. The molecule has 0 aliphatic carbocycles. The summed E-state index contributed by atoms with van der Waals surface area (Å²) in [5.74, 6) is 0.964. The summed E-state index contributed by atoms with van der Waals surface area (Å²) in [5.41, 5.74) is 3.55. The number of hydrogen-bond acceptors (Lipinski definition) is 4. The van der Waals surface area contributed by atoms with E-state index in [9.17, 15) is 0 Å². The zero-order chi connectivity index (χ0) is 13.1. The summed E-state index contributed by atoms with van der Waals surface area (Å²) in [6.45, 7) is 6.12. The SMILES string of the molecule is COc1nc(C)ccc1-c1ccc(C(C)C)nn1. The molecule has 0 unspecified atom stereocenters. The van der Waals surface area contributed by atoms with E-state index in [0.717, 1.165) is 22.6 Å². The van der Waals surface area contributed by atoms with Crippen LogP contribution in [0.5, 0.6) is 5.88 Å². The van der Waals surface area contributed by atoms with Gasteiger partial charge in [-0.2, -0.15) is 10.2 Å². The Labute approximate surface area is 107 Å². The smallest absolute Gasteiger partial charge is 0.222 e. The molecule has 0 amide bonds. The highest BCUT2D eigenvalue weighted by atomic mass is 16.5. The Balaban J connectivity index is 2.42. The summed E-state index contributed by atoms with van der Waals surface area (Å²) in [5, 5.41) is 8.46. The van der Waals surface area contributed by atoms with Gasteiger partial charge in [-0.05, 0) is 37.1 Å². The average molecular weight is 243 g/mol. The molecule has 0 radical (unpaired) electrons. The number of pyridine rings is 1. The zero-order valence-corrected chi connectivity index (χ0v) is 11.1. The van der Waals surface area contributed by atoms with E-state index in [4.69, 9.17) is 4.74 Å². The molecule has 18 heavy (non-hydrogen) atoms. The van der Waals surface area contributed by atoms with E-state index in [1.54, 1.807) is 7.11 Å². The van der Waals surface area contributed by atoms with Crippen molar-refractivity contribution in [3.05, 3.63) is 35.7 Å². The zero-order valence-electron chi connectivity index (χ0n) is 11.1. The van der Waals surface area contributed by atoms with Crippen molar-refractivity contribution in [2.75, 3.05) is 7.11 Å². The standard InChI is InChI=1S/C14H17N3O/c1-9(2)12-7-8-13(17-16-12)11-6-5-10(3)15-14(11)18-4/h5-9H,1-4H3. The first kappa shape index (κ1) is 12.5. The minimum atomic E-state index is 0.379. The fourth-order valence-corrected chi connectivity index (χ4v) is 1.68. The molecule has 0 N–H and O–H groups in total. The molecule has 2 aromatic heterocycles. The highest BCUT2D eigenvalue weighted by Gasteiger charge is 2.10. The molecule has 0 aliphatic rings. The highest BCUT2D eigenvalue weighted by Crippen LogP contribution is 2.26. The lowest BCUT2D eigenvalue weighted by Crippen LogP contribution is -1.99. The normalized spacial score (nSPS) is 10.7. The number of nitrogens with zero attached hydrogens (tertiary/aromatic N) is 3. The molecule has 0 spiro atoms. The van der Waals surface area contributed by atoms with E-state index in [-0.39, 0.29) is 0 Å². The summed E-state index contributed by atoms with van der Waals surface area (Å²) in [4.78, 5) is 4.34. The van der Waals surface area contributed by atoms with Crippen LogP contribution in [0.3, 0.4) is 0 Å². The van der Waals surface area contributed by atoms with Gasteiger partial charge in [-0.1, -0.05) is 13.8 Å². The number of rotatable bonds is 3. The Bertz CT molecular complexity index is 535. The van der Waals surface area contributed by atoms with Gasteiger partial charge in [-0.25, -0.2) is 4.98 Å². The summed E-state index contributed by atoms with van der Waals surface area (Å²) >= 11 is 0. The lowest BCUT2D eigenvalue weighted by molar-refractivity contribution is 0.398. The number of ether oxygens (including phenoxy) is 1. The molecule has 94 valence electrons.